The topological polar surface area (TPSA) is 54.3 Å². The second-order valence-corrected chi connectivity index (χ2v) is 6.34. The summed E-state index contributed by atoms with van der Waals surface area (Å²) in [6.07, 6.45) is 2.18. The van der Waals surface area contributed by atoms with Gasteiger partial charge in [-0.1, -0.05) is 0 Å². The van der Waals surface area contributed by atoms with Gasteiger partial charge in [0.2, 0.25) is 0 Å². The Kier molecular flexibility index (Phi) is 3.08. The first-order valence-electron chi connectivity index (χ1n) is 7.39. The molecule has 110 valence electrons. The largest absolute Gasteiger partial charge is 0.346 e. The highest BCUT2D eigenvalue weighted by Gasteiger charge is 2.52. The van der Waals surface area contributed by atoms with E-state index in [0.717, 1.165) is 32.5 Å². The molecule has 0 N–H and O–H groups in total. The van der Waals surface area contributed by atoms with Crippen LogP contribution >= 0.6 is 0 Å². The summed E-state index contributed by atoms with van der Waals surface area (Å²) in [4.78, 5) is 21.3. The molecule has 2 fully saturated rings. The van der Waals surface area contributed by atoms with Gasteiger partial charge in [0.25, 0.3) is 0 Å². The quantitative estimate of drug-likeness (QED) is 0.779. The van der Waals surface area contributed by atoms with E-state index in [0.29, 0.717) is 17.7 Å². The van der Waals surface area contributed by atoms with E-state index in [1.165, 1.54) is 4.68 Å². The summed E-state index contributed by atoms with van der Waals surface area (Å²) >= 11 is 0. The summed E-state index contributed by atoms with van der Waals surface area (Å²) in [5, 5.41) is 4.22. The van der Waals surface area contributed by atoms with Crippen molar-refractivity contribution < 1.29 is 4.79 Å². The predicted molar refractivity (Wildman–Crippen MR) is 75.7 cm³/mol. The van der Waals surface area contributed by atoms with Crippen LogP contribution in [0.25, 0.3) is 0 Å². The van der Waals surface area contributed by atoms with E-state index in [9.17, 15) is 4.79 Å². The number of aromatic nitrogens is 3. The number of aryl methyl sites for hydroxylation is 2. The molecule has 1 aromatic rings. The Labute approximate surface area is 119 Å². The number of rotatable bonds is 1. The Balaban J connectivity index is 1.79. The normalized spacial score (nSPS) is 26.6. The average Bonchev–Trinajstić information content (AvgIpc) is 2.93. The average molecular weight is 277 g/mol. The molecule has 2 aliphatic rings. The Morgan fingerprint density at radius 1 is 1.25 bits per heavy atom. The first-order chi connectivity index (χ1) is 9.43. The van der Waals surface area contributed by atoms with Gasteiger partial charge in [0.15, 0.2) is 0 Å². The summed E-state index contributed by atoms with van der Waals surface area (Å²) in [6.45, 7) is 11.0. The number of amides is 1. The number of hydrogen-bond acceptors (Lipinski definition) is 4. The van der Waals surface area contributed by atoms with Gasteiger partial charge in [-0.15, -0.1) is 5.10 Å². The van der Waals surface area contributed by atoms with Gasteiger partial charge in [0.1, 0.15) is 11.6 Å². The molecule has 0 bridgehead atoms. The molecule has 3 rings (SSSR count). The van der Waals surface area contributed by atoms with Crippen LogP contribution in [0, 0.1) is 13.8 Å². The summed E-state index contributed by atoms with van der Waals surface area (Å²) in [6, 6.07) is 0.530. The minimum atomic E-state index is -0.0139. The molecule has 20 heavy (non-hydrogen) atoms. The minimum absolute atomic E-state index is 0.0139. The number of hydrogen-bond donors (Lipinski definition) is 0. The standard InChI is InChI=1S/C14H23N5O/c1-10(2)17-7-5-14(9-17)6-8-18(14)13(20)19-12(4)15-11(3)16-19/h10H,5-9H2,1-4H3/t14-/m1/s1. The van der Waals surface area contributed by atoms with Gasteiger partial charge < -0.3 is 4.90 Å². The molecule has 0 saturated carbocycles. The first-order valence-corrected chi connectivity index (χ1v) is 7.39. The fourth-order valence-corrected chi connectivity index (χ4v) is 3.41. The van der Waals surface area contributed by atoms with Crippen LogP contribution in [-0.4, -0.2) is 61.8 Å². The van der Waals surface area contributed by atoms with Crippen molar-refractivity contribution in [1.29, 1.82) is 0 Å². The molecule has 2 aliphatic heterocycles. The van der Waals surface area contributed by atoms with E-state index in [2.05, 4.69) is 28.8 Å². The van der Waals surface area contributed by atoms with Gasteiger partial charge in [-0.05, 0) is 40.5 Å². The molecule has 3 heterocycles. The zero-order valence-electron chi connectivity index (χ0n) is 12.8. The van der Waals surface area contributed by atoms with E-state index >= 15 is 0 Å². The maximum atomic E-state index is 12.7. The van der Waals surface area contributed by atoms with Gasteiger partial charge in [-0.2, -0.15) is 4.68 Å². The fourth-order valence-electron chi connectivity index (χ4n) is 3.41. The van der Waals surface area contributed by atoms with E-state index in [-0.39, 0.29) is 11.6 Å². The molecule has 1 spiro atoms. The van der Waals surface area contributed by atoms with Gasteiger partial charge in [-0.25, -0.2) is 9.78 Å². The van der Waals surface area contributed by atoms with Crippen LogP contribution in [0.3, 0.4) is 0 Å². The maximum absolute atomic E-state index is 12.7. The summed E-state index contributed by atoms with van der Waals surface area (Å²) in [7, 11) is 0. The molecule has 2 saturated heterocycles. The second kappa shape index (κ2) is 4.55. The van der Waals surface area contributed by atoms with Crippen LogP contribution in [0.4, 0.5) is 4.79 Å². The lowest BCUT2D eigenvalue weighted by Crippen LogP contribution is -2.64. The van der Waals surface area contributed by atoms with Crippen LogP contribution in [0.1, 0.15) is 38.3 Å². The van der Waals surface area contributed by atoms with Crippen molar-refractivity contribution in [3.8, 4) is 0 Å². The lowest BCUT2D eigenvalue weighted by atomic mass is 9.84. The van der Waals surface area contributed by atoms with Crippen molar-refractivity contribution in [3.63, 3.8) is 0 Å². The van der Waals surface area contributed by atoms with Gasteiger partial charge in [0, 0.05) is 25.7 Å². The maximum Gasteiger partial charge on any atom is 0.346 e. The molecular formula is C14H23N5O. The van der Waals surface area contributed by atoms with Crippen molar-refractivity contribution in [1.82, 2.24) is 24.6 Å². The summed E-state index contributed by atoms with van der Waals surface area (Å²) < 4.78 is 1.45. The van der Waals surface area contributed by atoms with E-state index in [1.54, 1.807) is 0 Å². The Morgan fingerprint density at radius 3 is 2.40 bits per heavy atom. The molecule has 1 atom stereocenters. The van der Waals surface area contributed by atoms with E-state index in [1.807, 2.05) is 18.7 Å². The summed E-state index contributed by atoms with van der Waals surface area (Å²) in [5.41, 5.74) is 0.0354. The van der Waals surface area contributed by atoms with Crippen LogP contribution in [0.5, 0.6) is 0 Å². The van der Waals surface area contributed by atoms with Gasteiger partial charge in [-0.3, -0.25) is 4.90 Å². The Hall–Kier alpha value is -1.43. The highest BCUT2D eigenvalue weighted by molar-refractivity contribution is 5.78. The second-order valence-electron chi connectivity index (χ2n) is 6.34. The number of carbonyl (C=O) groups excluding carboxylic acids is 1. The van der Waals surface area contributed by atoms with Crippen LogP contribution in [-0.2, 0) is 0 Å². The smallest absolute Gasteiger partial charge is 0.316 e. The van der Waals surface area contributed by atoms with E-state index in [4.69, 9.17) is 0 Å². The highest BCUT2D eigenvalue weighted by Crippen LogP contribution is 2.40. The zero-order valence-corrected chi connectivity index (χ0v) is 12.8. The first kappa shape index (κ1) is 13.5. The molecule has 0 radical (unpaired) electrons. The van der Waals surface area contributed by atoms with Crippen molar-refractivity contribution >= 4 is 6.03 Å². The highest BCUT2D eigenvalue weighted by atomic mass is 16.2. The SMILES string of the molecule is Cc1nc(C)n(C(=O)N2CC[C@@]23CCN(C(C)C)C3)n1. The third kappa shape index (κ3) is 1.93. The van der Waals surface area contributed by atoms with Gasteiger partial charge >= 0.3 is 6.03 Å². The molecule has 6 nitrogen and oxygen atoms in total. The van der Waals surface area contributed by atoms with E-state index < -0.39 is 0 Å². The predicted octanol–water partition coefficient (Wildman–Crippen LogP) is 1.42. The minimum Gasteiger partial charge on any atom is -0.316 e. The summed E-state index contributed by atoms with van der Waals surface area (Å²) in [5.74, 6) is 1.33. The number of likely N-dealkylation sites (tertiary alicyclic amines) is 2. The lowest BCUT2D eigenvalue weighted by Gasteiger charge is -2.50. The molecular weight excluding hydrogens is 254 g/mol. The van der Waals surface area contributed by atoms with Crippen LogP contribution in [0.2, 0.25) is 0 Å². The number of carbonyl (C=O) groups is 1. The Bertz CT molecular complexity index is 538. The van der Waals surface area contributed by atoms with Gasteiger partial charge in [0.05, 0.1) is 5.54 Å². The fraction of sp³-hybridized carbons (Fsp3) is 0.786. The molecule has 1 amide bonds. The van der Waals surface area contributed by atoms with Crippen molar-refractivity contribution in [2.45, 2.75) is 52.1 Å². The third-order valence-electron chi connectivity index (χ3n) is 4.75. The molecule has 6 heteroatoms. The number of nitrogens with zero attached hydrogens (tertiary/aromatic N) is 5. The molecule has 0 aromatic carbocycles. The van der Waals surface area contributed by atoms with Crippen molar-refractivity contribution in [2.24, 2.45) is 0 Å². The van der Waals surface area contributed by atoms with Crippen molar-refractivity contribution in [2.75, 3.05) is 19.6 Å². The zero-order chi connectivity index (χ0) is 14.5. The van der Waals surface area contributed by atoms with Crippen molar-refractivity contribution in [3.05, 3.63) is 11.6 Å². The molecule has 0 unspecified atom stereocenters. The molecule has 1 aromatic heterocycles. The van der Waals surface area contributed by atoms with Crippen LogP contribution < -0.4 is 0 Å². The molecule has 0 aliphatic carbocycles. The monoisotopic (exact) mass is 277 g/mol. The Morgan fingerprint density at radius 2 is 1.95 bits per heavy atom. The van der Waals surface area contributed by atoms with Crippen LogP contribution in [0.15, 0.2) is 0 Å². The third-order valence-corrected chi connectivity index (χ3v) is 4.75. The lowest BCUT2D eigenvalue weighted by molar-refractivity contribution is 0.0273.